The highest BCUT2D eigenvalue weighted by molar-refractivity contribution is 8.00. The smallest absolute Gasteiger partial charge is 0.406 e. The van der Waals surface area contributed by atoms with Crippen molar-refractivity contribution >= 4 is 17.7 Å². The van der Waals surface area contributed by atoms with Gasteiger partial charge in [-0.05, 0) is 30.7 Å². The van der Waals surface area contributed by atoms with Crippen LogP contribution in [0, 0.1) is 0 Å². The third-order valence-electron chi connectivity index (χ3n) is 3.35. The van der Waals surface area contributed by atoms with Crippen LogP contribution in [0.2, 0.25) is 0 Å². The Morgan fingerprint density at radius 3 is 2.52 bits per heavy atom. The third kappa shape index (κ3) is 5.53. The summed E-state index contributed by atoms with van der Waals surface area (Å²) in [5.74, 6) is 1.52. The van der Waals surface area contributed by atoms with Crippen LogP contribution < -0.4 is 9.47 Å². The summed E-state index contributed by atoms with van der Waals surface area (Å²) < 4.78 is 47.5. The summed E-state index contributed by atoms with van der Waals surface area (Å²) in [6.45, 7) is -0.610. The van der Waals surface area contributed by atoms with E-state index in [1.807, 2.05) is 0 Å². The van der Waals surface area contributed by atoms with E-state index >= 15 is 0 Å². The number of amides is 1. The zero-order chi connectivity index (χ0) is 16.9. The van der Waals surface area contributed by atoms with Gasteiger partial charge in [-0.3, -0.25) is 4.79 Å². The van der Waals surface area contributed by atoms with Gasteiger partial charge in [0.05, 0.1) is 19.0 Å². The number of thioether (sulfide) groups is 1. The average Bonchev–Trinajstić information content (AvgIpc) is 2.83. The van der Waals surface area contributed by atoms with Crippen LogP contribution in [-0.2, 0) is 4.79 Å². The number of nitrogens with zero attached hydrogens (tertiary/aromatic N) is 1. The molecule has 0 bridgehead atoms. The number of alkyl halides is 3. The lowest BCUT2D eigenvalue weighted by molar-refractivity contribution is -0.157. The quantitative estimate of drug-likeness (QED) is 0.710. The van der Waals surface area contributed by atoms with Crippen LogP contribution in [0.25, 0.3) is 0 Å². The first-order chi connectivity index (χ1) is 10.9. The summed E-state index contributed by atoms with van der Waals surface area (Å²) in [6, 6.07) is 7.10. The molecule has 1 aromatic carbocycles. The normalized spacial score (nSPS) is 18.3. The number of likely N-dealkylation sites (tertiary alicyclic amines) is 1. The Labute approximate surface area is 136 Å². The molecule has 23 heavy (non-hydrogen) atoms. The van der Waals surface area contributed by atoms with E-state index in [2.05, 4.69) is 0 Å². The molecule has 1 aliphatic heterocycles. The maximum atomic E-state index is 12.3. The van der Waals surface area contributed by atoms with Gasteiger partial charge in [0.15, 0.2) is 0 Å². The Hall–Kier alpha value is -1.57. The van der Waals surface area contributed by atoms with Crippen LogP contribution in [0.4, 0.5) is 13.2 Å². The van der Waals surface area contributed by atoms with Crippen molar-refractivity contribution in [2.24, 2.45) is 0 Å². The molecule has 0 saturated carbocycles. The van der Waals surface area contributed by atoms with Crippen LogP contribution in [0.5, 0.6) is 11.5 Å². The molecule has 8 heteroatoms. The summed E-state index contributed by atoms with van der Waals surface area (Å²) in [6.07, 6.45) is -3.89. The second-order valence-electron chi connectivity index (χ2n) is 5.05. The van der Waals surface area contributed by atoms with Crippen molar-refractivity contribution in [1.82, 2.24) is 4.90 Å². The number of halogens is 3. The van der Waals surface area contributed by atoms with E-state index in [0.29, 0.717) is 24.5 Å². The Morgan fingerprint density at radius 1 is 1.26 bits per heavy atom. The Kier molecular flexibility index (Phi) is 6.04. The minimum absolute atomic E-state index is 0.162. The largest absolute Gasteiger partial charge is 0.497 e. The number of methoxy groups -OCH3 is 1. The molecule has 1 aliphatic rings. The highest BCUT2D eigenvalue weighted by atomic mass is 32.2. The number of ether oxygens (including phenoxy) is 2. The molecule has 4 nitrogen and oxygen atoms in total. The van der Waals surface area contributed by atoms with Gasteiger partial charge in [-0.15, -0.1) is 11.8 Å². The Balaban J connectivity index is 1.69. The SMILES string of the molecule is COc1ccc(OCCSC2CCN(CC(F)(F)F)C2=O)cc1. The number of rotatable bonds is 7. The van der Waals surface area contributed by atoms with E-state index in [1.54, 1.807) is 31.4 Å². The first kappa shape index (κ1) is 17.8. The van der Waals surface area contributed by atoms with Crippen molar-refractivity contribution in [2.45, 2.75) is 17.8 Å². The predicted molar refractivity (Wildman–Crippen MR) is 82.0 cm³/mol. The van der Waals surface area contributed by atoms with Gasteiger partial charge >= 0.3 is 6.18 Å². The third-order valence-corrected chi connectivity index (χ3v) is 4.59. The van der Waals surface area contributed by atoms with Crippen LogP contribution in [0.15, 0.2) is 24.3 Å². The fourth-order valence-corrected chi connectivity index (χ4v) is 3.29. The zero-order valence-electron chi connectivity index (χ0n) is 12.6. The first-order valence-corrected chi connectivity index (χ1v) is 8.18. The fraction of sp³-hybridized carbons (Fsp3) is 0.533. The first-order valence-electron chi connectivity index (χ1n) is 7.13. The van der Waals surface area contributed by atoms with Crippen molar-refractivity contribution in [3.05, 3.63) is 24.3 Å². The molecule has 0 aliphatic carbocycles. The van der Waals surface area contributed by atoms with Crippen molar-refractivity contribution in [3.8, 4) is 11.5 Å². The molecule has 1 aromatic rings. The second kappa shape index (κ2) is 7.81. The summed E-state index contributed by atoms with van der Waals surface area (Å²) >= 11 is 1.34. The van der Waals surface area contributed by atoms with Gasteiger partial charge in [-0.1, -0.05) is 0 Å². The molecule has 0 N–H and O–H groups in total. The Morgan fingerprint density at radius 2 is 1.91 bits per heavy atom. The highest BCUT2D eigenvalue weighted by Gasteiger charge is 2.39. The zero-order valence-corrected chi connectivity index (χ0v) is 13.5. The summed E-state index contributed by atoms with van der Waals surface area (Å²) in [5.41, 5.74) is 0. The van der Waals surface area contributed by atoms with Gasteiger partial charge in [0.1, 0.15) is 18.0 Å². The summed E-state index contributed by atoms with van der Waals surface area (Å²) in [4.78, 5) is 12.7. The highest BCUT2D eigenvalue weighted by Crippen LogP contribution is 2.27. The van der Waals surface area contributed by atoms with Crippen LogP contribution in [0.3, 0.4) is 0 Å². The van der Waals surface area contributed by atoms with Gasteiger partial charge in [0, 0.05) is 12.3 Å². The lowest BCUT2D eigenvalue weighted by atomic mass is 10.3. The summed E-state index contributed by atoms with van der Waals surface area (Å²) in [5, 5.41) is -0.406. The predicted octanol–water partition coefficient (Wildman–Crippen LogP) is 2.97. The van der Waals surface area contributed by atoms with Crippen LogP contribution in [0.1, 0.15) is 6.42 Å². The molecule has 1 saturated heterocycles. The molecule has 2 rings (SSSR count). The van der Waals surface area contributed by atoms with Gasteiger partial charge in [0.2, 0.25) is 5.91 Å². The van der Waals surface area contributed by atoms with Crippen molar-refractivity contribution in [3.63, 3.8) is 0 Å². The molecule has 1 amide bonds. The van der Waals surface area contributed by atoms with Gasteiger partial charge in [-0.25, -0.2) is 0 Å². The number of carbonyl (C=O) groups excluding carboxylic acids is 1. The topological polar surface area (TPSA) is 38.8 Å². The molecular weight excluding hydrogens is 331 g/mol. The molecule has 0 radical (unpaired) electrons. The van der Waals surface area contributed by atoms with Gasteiger partial charge in [-0.2, -0.15) is 13.2 Å². The van der Waals surface area contributed by atoms with Crippen LogP contribution >= 0.6 is 11.8 Å². The molecule has 0 aromatic heterocycles. The minimum atomic E-state index is -4.34. The molecular formula is C15H18F3NO3S. The minimum Gasteiger partial charge on any atom is -0.497 e. The van der Waals surface area contributed by atoms with E-state index < -0.39 is 23.9 Å². The van der Waals surface area contributed by atoms with Crippen molar-refractivity contribution < 1.29 is 27.4 Å². The summed E-state index contributed by atoms with van der Waals surface area (Å²) in [7, 11) is 1.58. The van der Waals surface area contributed by atoms with E-state index in [-0.39, 0.29) is 6.54 Å². The van der Waals surface area contributed by atoms with E-state index in [0.717, 1.165) is 10.6 Å². The van der Waals surface area contributed by atoms with Crippen molar-refractivity contribution in [1.29, 1.82) is 0 Å². The standard InChI is InChI=1S/C15H18F3NO3S/c1-21-11-2-4-12(5-3-11)22-8-9-23-13-6-7-19(14(13)20)10-15(16,17)18/h2-5,13H,6-10H2,1H3. The van der Waals surface area contributed by atoms with Gasteiger partial charge in [0.25, 0.3) is 0 Å². The van der Waals surface area contributed by atoms with Crippen LogP contribution in [-0.4, -0.2) is 54.8 Å². The molecule has 1 heterocycles. The molecule has 1 atom stereocenters. The second-order valence-corrected chi connectivity index (χ2v) is 6.36. The molecule has 0 spiro atoms. The fourth-order valence-electron chi connectivity index (χ4n) is 2.26. The maximum absolute atomic E-state index is 12.3. The molecule has 1 unspecified atom stereocenters. The number of carbonyl (C=O) groups is 1. The monoisotopic (exact) mass is 349 g/mol. The lowest BCUT2D eigenvalue weighted by Crippen LogP contribution is -2.36. The number of hydrogen-bond donors (Lipinski definition) is 0. The number of hydrogen-bond acceptors (Lipinski definition) is 4. The Bertz CT molecular complexity index is 522. The van der Waals surface area contributed by atoms with E-state index in [1.165, 1.54) is 11.8 Å². The maximum Gasteiger partial charge on any atom is 0.406 e. The number of benzene rings is 1. The van der Waals surface area contributed by atoms with E-state index in [9.17, 15) is 18.0 Å². The van der Waals surface area contributed by atoms with E-state index in [4.69, 9.17) is 9.47 Å². The van der Waals surface area contributed by atoms with Gasteiger partial charge < -0.3 is 14.4 Å². The molecule has 128 valence electrons. The molecule has 1 fully saturated rings. The lowest BCUT2D eigenvalue weighted by Gasteiger charge is -2.18. The average molecular weight is 349 g/mol. The van der Waals surface area contributed by atoms with Crippen molar-refractivity contribution in [2.75, 3.05) is 32.6 Å².